The molecule has 206 valence electrons. The van der Waals surface area contributed by atoms with E-state index < -0.39 is 60.9 Å². The van der Waals surface area contributed by atoms with Crippen LogP contribution in [0.3, 0.4) is 0 Å². The maximum atomic E-state index is 14.5. The lowest BCUT2D eigenvalue weighted by atomic mass is 10.1. The standard InChI is InChI=1S/C21H21F4IN6O6/c1-10-13(27-3-2-14(10)37-9-21(23,24)25)8-30-5-11(28-29-30)6-31-18(35)12(22)7-32(20(31)36)19-17(34)16(33)15(4-26)38-19/h2-3,5,7,15-17,19,33-34H,4,6,8-9H2,1H3. The van der Waals surface area contributed by atoms with Gasteiger partial charge in [0.2, 0.25) is 5.82 Å². The van der Waals surface area contributed by atoms with Gasteiger partial charge in [-0.2, -0.15) is 17.6 Å². The Morgan fingerprint density at radius 3 is 2.58 bits per heavy atom. The van der Waals surface area contributed by atoms with Crippen LogP contribution in [0.1, 0.15) is 23.2 Å². The molecule has 3 aromatic heterocycles. The van der Waals surface area contributed by atoms with Gasteiger partial charge in [-0.15, -0.1) is 5.10 Å². The number of aromatic nitrogens is 6. The number of aliphatic hydroxyl groups excluding tert-OH is 2. The van der Waals surface area contributed by atoms with Crippen molar-refractivity contribution in [3.8, 4) is 5.75 Å². The summed E-state index contributed by atoms with van der Waals surface area (Å²) in [5.41, 5.74) is -1.49. The molecule has 4 atom stereocenters. The van der Waals surface area contributed by atoms with Crippen LogP contribution in [0, 0.1) is 12.7 Å². The normalized spacial score (nSPS) is 21.7. The first-order valence-corrected chi connectivity index (χ1v) is 12.5. The Balaban J connectivity index is 1.56. The van der Waals surface area contributed by atoms with Crippen molar-refractivity contribution in [3.05, 3.63) is 68.3 Å². The third kappa shape index (κ3) is 5.89. The van der Waals surface area contributed by atoms with Crippen LogP contribution in [0.25, 0.3) is 0 Å². The largest absolute Gasteiger partial charge is 0.484 e. The van der Waals surface area contributed by atoms with E-state index in [2.05, 4.69) is 15.3 Å². The number of halogens is 5. The summed E-state index contributed by atoms with van der Waals surface area (Å²) in [6.07, 6.45) is -6.36. The van der Waals surface area contributed by atoms with Gasteiger partial charge in [0, 0.05) is 16.2 Å². The number of hydrogen-bond donors (Lipinski definition) is 2. The summed E-state index contributed by atoms with van der Waals surface area (Å²) >= 11 is 1.92. The third-order valence-corrected chi connectivity index (χ3v) is 6.65. The first-order chi connectivity index (χ1) is 17.9. The van der Waals surface area contributed by atoms with Crippen LogP contribution in [0.5, 0.6) is 5.75 Å². The van der Waals surface area contributed by atoms with E-state index in [-0.39, 0.29) is 22.4 Å². The summed E-state index contributed by atoms with van der Waals surface area (Å²) in [6.45, 7) is -0.454. The zero-order valence-electron chi connectivity index (χ0n) is 19.5. The molecule has 4 rings (SSSR count). The highest BCUT2D eigenvalue weighted by Gasteiger charge is 2.44. The van der Waals surface area contributed by atoms with E-state index >= 15 is 0 Å². The fourth-order valence-corrected chi connectivity index (χ4v) is 4.56. The lowest BCUT2D eigenvalue weighted by molar-refractivity contribution is -0.153. The molecule has 1 aliphatic heterocycles. The van der Waals surface area contributed by atoms with Gasteiger partial charge in [0.1, 0.15) is 23.7 Å². The second kappa shape index (κ2) is 11.1. The van der Waals surface area contributed by atoms with Gasteiger partial charge in [-0.25, -0.2) is 9.48 Å². The van der Waals surface area contributed by atoms with Crippen molar-refractivity contribution in [1.82, 2.24) is 29.1 Å². The van der Waals surface area contributed by atoms with Gasteiger partial charge in [-0.05, 0) is 13.0 Å². The molecule has 38 heavy (non-hydrogen) atoms. The molecule has 1 fully saturated rings. The molecule has 17 heteroatoms. The molecule has 0 bridgehead atoms. The molecule has 0 saturated carbocycles. The highest BCUT2D eigenvalue weighted by molar-refractivity contribution is 14.1. The Labute approximate surface area is 224 Å². The second-order valence-corrected chi connectivity index (χ2v) is 9.33. The summed E-state index contributed by atoms with van der Waals surface area (Å²) in [4.78, 5) is 29.5. The predicted molar refractivity (Wildman–Crippen MR) is 128 cm³/mol. The summed E-state index contributed by atoms with van der Waals surface area (Å²) < 4.78 is 65.1. The minimum Gasteiger partial charge on any atom is -0.484 e. The van der Waals surface area contributed by atoms with E-state index in [4.69, 9.17) is 9.47 Å². The molecular formula is C21H21F4IN6O6. The minimum absolute atomic E-state index is 0.00855. The van der Waals surface area contributed by atoms with E-state index in [9.17, 15) is 37.4 Å². The molecule has 3 aromatic rings. The topological polar surface area (TPSA) is 147 Å². The van der Waals surface area contributed by atoms with Gasteiger partial charge in [0.15, 0.2) is 12.8 Å². The third-order valence-electron chi connectivity index (χ3n) is 5.79. The smallest absolute Gasteiger partial charge is 0.422 e. The maximum absolute atomic E-state index is 14.5. The number of ether oxygens (including phenoxy) is 2. The Kier molecular flexibility index (Phi) is 8.19. The Morgan fingerprint density at radius 2 is 1.92 bits per heavy atom. The van der Waals surface area contributed by atoms with Gasteiger partial charge in [0.05, 0.1) is 37.3 Å². The summed E-state index contributed by atoms with van der Waals surface area (Å²) in [5, 5.41) is 28.1. The monoisotopic (exact) mass is 656 g/mol. The Hall–Kier alpha value is -2.90. The molecule has 4 unspecified atom stereocenters. The van der Waals surface area contributed by atoms with Crippen molar-refractivity contribution in [2.24, 2.45) is 0 Å². The Morgan fingerprint density at radius 1 is 1.18 bits per heavy atom. The molecular weight excluding hydrogens is 635 g/mol. The molecule has 1 saturated heterocycles. The van der Waals surface area contributed by atoms with Crippen molar-refractivity contribution in [2.75, 3.05) is 11.0 Å². The molecule has 12 nitrogen and oxygen atoms in total. The lowest BCUT2D eigenvalue weighted by Gasteiger charge is -2.18. The molecule has 0 aliphatic carbocycles. The number of alkyl halides is 4. The van der Waals surface area contributed by atoms with E-state index in [1.807, 2.05) is 22.6 Å². The average Bonchev–Trinajstić information content (AvgIpc) is 3.42. The zero-order valence-corrected chi connectivity index (χ0v) is 21.7. The number of nitrogens with zero attached hydrogens (tertiary/aromatic N) is 6. The van der Waals surface area contributed by atoms with Crippen LogP contribution in [0.4, 0.5) is 17.6 Å². The highest BCUT2D eigenvalue weighted by atomic mass is 127. The van der Waals surface area contributed by atoms with Crippen molar-refractivity contribution in [1.29, 1.82) is 0 Å². The van der Waals surface area contributed by atoms with Gasteiger partial charge in [-0.1, -0.05) is 27.8 Å². The van der Waals surface area contributed by atoms with Crippen LogP contribution < -0.4 is 16.0 Å². The van der Waals surface area contributed by atoms with Gasteiger partial charge in [-0.3, -0.25) is 18.9 Å². The van der Waals surface area contributed by atoms with E-state index in [1.54, 1.807) is 0 Å². The summed E-state index contributed by atoms with van der Waals surface area (Å²) in [7, 11) is 0. The van der Waals surface area contributed by atoms with Crippen LogP contribution in [-0.2, 0) is 17.8 Å². The first kappa shape index (κ1) is 28.1. The van der Waals surface area contributed by atoms with Gasteiger partial charge in [0.25, 0.3) is 5.56 Å². The lowest BCUT2D eigenvalue weighted by Crippen LogP contribution is -2.44. The zero-order chi connectivity index (χ0) is 27.8. The van der Waals surface area contributed by atoms with E-state index in [0.717, 1.165) is 0 Å². The van der Waals surface area contributed by atoms with Crippen LogP contribution in [0.2, 0.25) is 0 Å². The van der Waals surface area contributed by atoms with Crippen molar-refractivity contribution in [2.45, 2.75) is 50.7 Å². The second-order valence-electron chi connectivity index (χ2n) is 8.45. The Bertz CT molecular complexity index is 1430. The quantitative estimate of drug-likeness (QED) is 0.202. The molecule has 0 aromatic carbocycles. The van der Waals surface area contributed by atoms with Crippen molar-refractivity contribution in [3.63, 3.8) is 0 Å². The van der Waals surface area contributed by atoms with E-state index in [1.165, 1.54) is 30.1 Å². The number of pyridine rings is 1. The average molecular weight is 656 g/mol. The number of aliphatic hydroxyl groups is 2. The molecule has 1 aliphatic rings. The number of rotatable bonds is 8. The fraction of sp³-hybridized carbons (Fsp3) is 0.476. The molecule has 0 amide bonds. The molecule has 4 heterocycles. The molecule has 2 N–H and O–H groups in total. The fourth-order valence-electron chi connectivity index (χ4n) is 3.83. The van der Waals surface area contributed by atoms with Crippen molar-refractivity contribution < 1.29 is 37.2 Å². The molecule has 0 spiro atoms. The van der Waals surface area contributed by atoms with Crippen molar-refractivity contribution >= 4 is 22.6 Å². The SMILES string of the molecule is Cc1c(OCC(F)(F)F)ccnc1Cn1cc(Cn2c(=O)c(F)cn(C3OC(CI)C(O)C3O)c2=O)nn1. The molecule has 0 radical (unpaired) electrons. The van der Waals surface area contributed by atoms with Gasteiger partial charge < -0.3 is 19.7 Å². The minimum atomic E-state index is -4.51. The predicted octanol–water partition coefficient (Wildman–Crippen LogP) is 0.536. The summed E-state index contributed by atoms with van der Waals surface area (Å²) in [6, 6.07) is 1.30. The maximum Gasteiger partial charge on any atom is 0.422 e. The number of hydrogen-bond acceptors (Lipinski definition) is 9. The highest BCUT2D eigenvalue weighted by Crippen LogP contribution is 2.29. The first-order valence-electron chi connectivity index (χ1n) is 11.0. The van der Waals surface area contributed by atoms with E-state index in [0.29, 0.717) is 26.6 Å². The van der Waals surface area contributed by atoms with Crippen LogP contribution >= 0.6 is 22.6 Å². The van der Waals surface area contributed by atoms with Crippen LogP contribution in [-0.4, -0.2) is 74.8 Å². The summed E-state index contributed by atoms with van der Waals surface area (Å²) in [5.74, 6) is -1.30. The van der Waals surface area contributed by atoms with Crippen LogP contribution in [0.15, 0.2) is 34.2 Å². The van der Waals surface area contributed by atoms with Gasteiger partial charge >= 0.3 is 11.9 Å².